The van der Waals surface area contributed by atoms with Gasteiger partial charge in [-0.05, 0) is 31.2 Å². The van der Waals surface area contributed by atoms with Gasteiger partial charge in [-0.15, -0.1) is 0 Å². The summed E-state index contributed by atoms with van der Waals surface area (Å²) in [6.07, 6.45) is -3.05. The fourth-order valence-electron chi connectivity index (χ4n) is 2.64. The molecule has 1 aliphatic rings. The van der Waals surface area contributed by atoms with Gasteiger partial charge in [0.25, 0.3) is 5.91 Å². The smallest absolute Gasteiger partial charge is 0.373 e. The summed E-state index contributed by atoms with van der Waals surface area (Å²) >= 11 is 5.84. The van der Waals surface area contributed by atoms with Crippen LogP contribution < -0.4 is 0 Å². The Labute approximate surface area is 146 Å². The molecule has 5 nitrogen and oxygen atoms in total. The molecule has 1 aliphatic heterocycles. The van der Waals surface area contributed by atoms with Crippen molar-refractivity contribution in [2.75, 3.05) is 6.54 Å². The Morgan fingerprint density at radius 1 is 1.28 bits per heavy atom. The number of aliphatic hydroxyl groups is 1. The number of carbonyl (C=O) groups is 1. The van der Waals surface area contributed by atoms with Crippen molar-refractivity contribution in [1.29, 1.82) is 0 Å². The molecule has 1 aromatic carbocycles. The van der Waals surface area contributed by atoms with E-state index in [1.807, 2.05) is 0 Å². The number of hydrogen-bond acceptors (Lipinski definition) is 3. The Balaban J connectivity index is 1.82. The molecule has 0 radical (unpaired) electrons. The van der Waals surface area contributed by atoms with Crippen molar-refractivity contribution in [3.63, 3.8) is 0 Å². The van der Waals surface area contributed by atoms with Crippen LogP contribution in [0.25, 0.3) is 5.69 Å². The zero-order valence-electron chi connectivity index (χ0n) is 13.2. The van der Waals surface area contributed by atoms with Crippen LogP contribution in [0.4, 0.5) is 13.2 Å². The third kappa shape index (κ3) is 3.23. The Hall–Kier alpha value is -2.06. The van der Waals surface area contributed by atoms with Crippen molar-refractivity contribution in [3.8, 4) is 5.69 Å². The number of benzene rings is 1. The molecule has 2 heterocycles. The van der Waals surface area contributed by atoms with Crippen LogP contribution in [0.1, 0.15) is 18.2 Å². The van der Waals surface area contributed by atoms with E-state index in [-0.39, 0.29) is 13.1 Å². The third-order valence-corrected chi connectivity index (χ3v) is 4.46. The first kappa shape index (κ1) is 17.8. The van der Waals surface area contributed by atoms with Gasteiger partial charge in [0.1, 0.15) is 0 Å². The predicted octanol–water partition coefficient (Wildman–Crippen LogP) is 2.72. The quantitative estimate of drug-likeness (QED) is 0.880. The molecule has 134 valence electrons. The lowest BCUT2D eigenvalue weighted by Crippen LogP contribution is -2.56. The van der Waals surface area contributed by atoms with E-state index in [1.165, 1.54) is 0 Å². The minimum atomic E-state index is -5.03. The van der Waals surface area contributed by atoms with Crippen molar-refractivity contribution in [1.82, 2.24) is 14.7 Å². The van der Waals surface area contributed by atoms with Gasteiger partial charge in [0, 0.05) is 36.3 Å². The van der Waals surface area contributed by atoms with Gasteiger partial charge in [-0.2, -0.15) is 18.3 Å². The molecule has 0 fully saturated rings. The van der Waals surface area contributed by atoms with Crippen LogP contribution in [0.3, 0.4) is 0 Å². The van der Waals surface area contributed by atoms with Crippen molar-refractivity contribution in [2.24, 2.45) is 0 Å². The summed E-state index contributed by atoms with van der Waals surface area (Å²) in [5, 5.41) is 14.6. The SMILES string of the molecule is C[C@@](O)(C(=O)N1CCc2nn(-c3ccc(Cl)cc3)cc2C1)C(F)(F)F. The summed E-state index contributed by atoms with van der Waals surface area (Å²) in [5.74, 6) is -1.36. The molecule has 1 N–H and O–H groups in total. The summed E-state index contributed by atoms with van der Waals surface area (Å²) in [6.45, 7) is 0.506. The van der Waals surface area contributed by atoms with Gasteiger partial charge in [-0.1, -0.05) is 11.6 Å². The summed E-state index contributed by atoms with van der Waals surface area (Å²) < 4.78 is 40.2. The number of nitrogens with zero attached hydrogens (tertiary/aromatic N) is 3. The number of rotatable bonds is 2. The van der Waals surface area contributed by atoms with Crippen LogP contribution in [-0.2, 0) is 17.8 Å². The molecule has 1 amide bonds. The van der Waals surface area contributed by atoms with Crippen molar-refractivity contribution in [3.05, 3.63) is 46.7 Å². The molecular formula is C16H15ClF3N3O2. The van der Waals surface area contributed by atoms with Gasteiger partial charge in [-0.25, -0.2) is 4.68 Å². The van der Waals surface area contributed by atoms with E-state index in [1.54, 1.807) is 35.1 Å². The number of alkyl halides is 3. The van der Waals surface area contributed by atoms with E-state index in [9.17, 15) is 23.1 Å². The molecule has 3 rings (SSSR count). The fourth-order valence-corrected chi connectivity index (χ4v) is 2.77. The monoisotopic (exact) mass is 373 g/mol. The first-order valence-corrected chi connectivity index (χ1v) is 7.89. The number of carbonyl (C=O) groups excluding carboxylic acids is 1. The maximum Gasteiger partial charge on any atom is 0.426 e. The standard InChI is InChI=1S/C16H15ClF3N3O2/c1-15(25,16(18,19)20)14(24)22-7-6-13-10(8-22)9-23(21-13)12-4-2-11(17)3-5-12/h2-5,9,25H,6-8H2,1H3/t15-/m1/s1. The lowest BCUT2D eigenvalue weighted by molar-refractivity contribution is -0.250. The topological polar surface area (TPSA) is 58.4 Å². The Kier molecular flexibility index (Phi) is 4.28. The van der Waals surface area contributed by atoms with E-state index in [0.29, 0.717) is 29.6 Å². The van der Waals surface area contributed by atoms with Gasteiger partial charge in [0.15, 0.2) is 0 Å². The van der Waals surface area contributed by atoms with E-state index in [2.05, 4.69) is 5.10 Å². The molecule has 0 bridgehead atoms. The maximum absolute atomic E-state index is 12.9. The van der Waals surface area contributed by atoms with E-state index < -0.39 is 17.7 Å². The van der Waals surface area contributed by atoms with E-state index in [4.69, 9.17) is 11.6 Å². The number of fused-ring (bicyclic) bond motifs is 1. The zero-order chi connectivity index (χ0) is 18.4. The summed E-state index contributed by atoms with van der Waals surface area (Å²) in [4.78, 5) is 13.1. The van der Waals surface area contributed by atoms with Gasteiger partial charge in [0.05, 0.1) is 11.4 Å². The van der Waals surface area contributed by atoms with Gasteiger partial charge in [-0.3, -0.25) is 4.79 Å². The lowest BCUT2D eigenvalue weighted by Gasteiger charge is -2.33. The molecule has 0 saturated heterocycles. The van der Waals surface area contributed by atoms with Crippen LogP contribution in [0.15, 0.2) is 30.5 Å². The largest absolute Gasteiger partial charge is 0.426 e. The first-order chi connectivity index (χ1) is 11.6. The number of hydrogen-bond donors (Lipinski definition) is 1. The Morgan fingerprint density at radius 2 is 1.92 bits per heavy atom. The molecule has 0 unspecified atom stereocenters. The molecule has 1 aromatic heterocycles. The second-order valence-corrected chi connectivity index (χ2v) is 6.51. The highest BCUT2D eigenvalue weighted by Crippen LogP contribution is 2.33. The Bertz CT molecular complexity index is 800. The predicted molar refractivity (Wildman–Crippen MR) is 84.4 cm³/mol. The average molecular weight is 374 g/mol. The second kappa shape index (κ2) is 6.03. The highest BCUT2D eigenvalue weighted by atomic mass is 35.5. The van der Waals surface area contributed by atoms with Crippen LogP contribution in [0.5, 0.6) is 0 Å². The number of halogens is 4. The summed E-state index contributed by atoms with van der Waals surface area (Å²) in [7, 11) is 0. The molecule has 0 aliphatic carbocycles. The fraction of sp³-hybridized carbons (Fsp3) is 0.375. The minimum Gasteiger partial charge on any atom is -0.373 e. The number of amides is 1. The highest BCUT2D eigenvalue weighted by Gasteiger charge is 2.57. The maximum atomic E-state index is 12.9. The third-order valence-electron chi connectivity index (χ3n) is 4.20. The summed E-state index contributed by atoms with van der Waals surface area (Å²) in [5.41, 5.74) is -1.30. The lowest BCUT2D eigenvalue weighted by atomic mass is 10.0. The summed E-state index contributed by atoms with van der Waals surface area (Å²) in [6, 6.07) is 6.93. The van der Waals surface area contributed by atoms with Crippen LogP contribution >= 0.6 is 11.6 Å². The van der Waals surface area contributed by atoms with Crippen LogP contribution in [-0.4, -0.2) is 44.0 Å². The van der Waals surface area contributed by atoms with Gasteiger partial charge < -0.3 is 10.0 Å². The zero-order valence-corrected chi connectivity index (χ0v) is 14.0. The molecule has 9 heteroatoms. The van der Waals surface area contributed by atoms with E-state index >= 15 is 0 Å². The van der Waals surface area contributed by atoms with Gasteiger partial charge >= 0.3 is 6.18 Å². The van der Waals surface area contributed by atoms with Gasteiger partial charge in [0.2, 0.25) is 5.60 Å². The molecule has 0 saturated carbocycles. The van der Waals surface area contributed by atoms with Crippen molar-refractivity contribution < 1.29 is 23.1 Å². The molecule has 0 spiro atoms. The second-order valence-electron chi connectivity index (χ2n) is 6.07. The molecule has 1 atom stereocenters. The van der Waals surface area contributed by atoms with Crippen molar-refractivity contribution >= 4 is 17.5 Å². The van der Waals surface area contributed by atoms with Crippen LogP contribution in [0, 0.1) is 0 Å². The minimum absolute atomic E-state index is 0.0337. The molecule has 25 heavy (non-hydrogen) atoms. The first-order valence-electron chi connectivity index (χ1n) is 7.51. The van der Waals surface area contributed by atoms with Crippen molar-refractivity contribution in [2.45, 2.75) is 31.7 Å². The normalized spacial score (nSPS) is 17.1. The van der Waals surface area contributed by atoms with E-state index in [0.717, 1.165) is 10.6 Å². The molecule has 2 aromatic rings. The molecular weight excluding hydrogens is 359 g/mol. The van der Waals surface area contributed by atoms with Crippen LogP contribution in [0.2, 0.25) is 5.02 Å². The highest BCUT2D eigenvalue weighted by molar-refractivity contribution is 6.30. The average Bonchev–Trinajstić information content (AvgIpc) is 2.96. The number of aromatic nitrogens is 2. The Morgan fingerprint density at radius 3 is 2.52 bits per heavy atom.